The zero-order valence-electron chi connectivity index (χ0n) is 18.3. The lowest BCUT2D eigenvalue weighted by Gasteiger charge is -2.24. The van der Waals surface area contributed by atoms with E-state index in [2.05, 4.69) is 9.68 Å². The molecule has 1 fully saturated rings. The van der Waals surface area contributed by atoms with Crippen LogP contribution in [-0.2, 0) is 24.9 Å². The molecule has 5 N–H and O–H groups in total. The molecule has 2 unspecified atom stereocenters. The number of halogens is 2. The summed E-state index contributed by atoms with van der Waals surface area (Å²) in [5, 5.41) is 19.5. The monoisotopic (exact) mass is 569 g/mol. The first-order valence-corrected chi connectivity index (χ1v) is 13.4. The van der Waals surface area contributed by atoms with E-state index < -0.39 is 63.0 Å². The Morgan fingerprint density at radius 1 is 1.08 bits per heavy atom. The van der Waals surface area contributed by atoms with E-state index in [4.69, 9.17) is 19.0 Å². The Labute approximate surface area is 203 Å². The summed E-state index contributed by atoms with van der Waals surface area (Å²) in [7, 11) is -12.7. The predicted octanol–water partition coefficient (Wildman–Crippen LogP) is -0.251. The van der Waals surface area contributed by atoms with Gasteiger partial charge >= 0.3 is 26.3 Å². The molecule has 15 nitrogen and oxygen atoms in total. The lowest BCUT2D eigenvalue weighted by Crippen LogP contribution is -2.43. The molecule has 0 bridgehead atoms. The maximum absolute atomic E-state index is 13.6. The number of alkyl halides is 2. The minimum absolute atomic E-state index is 0.233. The average Bonchev–Trinajstić information content (AvgIpc) is 3.35. The Kier molecular flexibility index (Phi) is 7.13. The number of aromatic nitrogens is 3. The van der Waals surface area contributed by atoms with Crippen LogP contribution < -0.4 is 11.2 Å². The van der Waals surface area contributed by atoms with Crippen molar-refractivity contribution in [3.63, 3.8) is 0 Å². The van der Waals surface area contributed by atoms with Gasteiger partial charge in [0.05, 0.1) is 13.2 Å². The Morgan fingerprint density at radius 2 is 1.76 bits per heavy atom. The van der Waals surface area contributed by atoms with Crippen molar-refractivity contribution in [1.29, 1.82) is 0 Å². The molecule has 0 radical (unpaired) electrons. The minimum atomic E-state index is -6.41. The van der Waals surface area contributed by atoms with Crippen LogP contribution in [0.5, 0.6) is 0 Å². The van der Waals surface area contributed by atoms with E-state index in [1.165, 1.54) is 0 Å². The second kappa shape index (κ2) is 9.62. The van der Waals surface area contributed by atoms with Gasteiger partial charge < -0.3 is 38.7 Å². The van der Waals surface area contributed by atoms with E-state index in [1.54, 1.807) is 24.3 Å². The van der Waals surface area contributed by atoms with Gasteiger partial charge in [0.15, 0.2) is 11.8 Å². The molecule has 3 heterocycles. The second-order valence-electron chi connectivity index (χ2n) is 7.97. The Balaban J connectivity index is 1.57. The highest BCUT2D eigenvalue weighted by molar-refractivity contribution is 7.72. The summed E-state index contributed by atoms with van der Waals surface area (Å²) in [5.41, 5.74) is -1.16. The highest BCUT2D eigenvalue weighted by Crippen LogP contribution is 2.73. The first-order chi connectivity index (χ1) is 17.2. The molecule has 19 heteroatoms. The fourth-order valence-electron chi connectivity index (χ4n) is 3.59. The van der Waals surface area contributed by atoms with Crippen LogP contribution in [0.2, 0.25) is 0 Å². The molecular weight excluding hydrogens is 550 g/mol. The number of hydrogen-bond acceptors (Lipinski definition) is 10. The molecule has 5 atom stereocenters. The molecule has 0 aliphatic carbocycles. The molecular formula is C18H19F2N3O12P2. The summed E-state index contributed by atoms with van der Waals surface area (Å²) >= 11 is 0. The lowest BCUT2D eigenvalue weighted by atomic mass is 10.1. The van der Waals surface area contributed by atoms with Crippen molar-refractivity contribution in [2.24, 2.45) is 0 Å². The van der Waals surface area contributed by atoms with Gasteiger partial charge in [-0.3, -0.25) is 23.1 Å². The van der Waals surface area contributed by atoms with E-state index in [0.717, 1.165) is 16.8 Å². The number of nitrogens with zero attached hydrogens (tertiary/aromatic N) is 3. The third kappa shape index (κ3) is 4.85. The molecule has 4 rings (SSSR count). The van der Waals surface area contributed by atoms with Gasteiger partial charge in [0.2, 0.25) is 0 Å². The zero-order chi connectivity index (χ0) is 27.3. The Morgan fingerprint density at radius 3 is 2.43 bits per heavy atom. The van der Waals surface area contributed by atoms with E-state index in [1.807, 2.05) is 0 Å². The molecule has 1 saturated heterocycles. The quantitative estimate of drug-likeness (QED) is 0.221. The van der Waals surface area contributed by atoms with Gasteiger partial charge in [-0.15, -0.1) is 0 Å². The molecule has 1 aliphatic rings. The summed E-state index contributed by atoms with van der Waals surface area (Å²) in [6, 6.07) is 7.58. The van der Waals surface area contributed by atoms with Gasteiger partial charge in [0.25, 0.3) is 5.56 Å². The van der Waals surface area contributed by atoms with Gasteiger partial charge in [0.1, 0.15) is 24.0 Å². The molecule has 0 spiro atoms. The third-order valence-electron chi connectivity index (χ3n) is 5.57. The van der Waals surface area contributed by atoms with Crippen LogP contribution in [0, 0.1) is 0 Å². The maximum atomic E-state index is 13.6. The van der Waals surface area contributed by atoms with Crippen molar-refractivity contribution >= 4 is 26.2 Å². The largest absolute Gasteiger partial charge is 0.443 e. The van der Waals surface area contributed by atoms with E-state index in [9.17, 15) is 42.6 Å². The van der Waals surface area contributed by atoms with Crippen LogP contribution in [0.3, 0.4) is 0 Å². The molecule has 0 saturated carbocycles. The lowest BCUT2D eigenvalue weighted by molar-refractivity contribution is -0.0551. The molecule has 3 aromatic rings. The molecule has 0 amide bonds. The number of benzene rings is 1. The predicted molar refractivity (Wildman–Crippen MR) is 117 cm³/mol. The molecule has 2 aromatic heterocycles. The maximum Gasteiger partial charge on any atom is 0.443 e. The van der Waals surface area contributed by atoms with E-state index in [-0.39, 0.29) is 12.2 Å². The molecule has 1 aromatic carbocycles. The molecule has 202 valence electrons. The summed E-state index contributed by atoms with van der Waals surface area (Å²) in [6.45, 7) is -1.67. The van der Waals surface area contributed by atoms with Crippen LogP contribution in [-0.4, -0.2) is 69.5 Å². The summed E-state index contributed by atoms with van der Waals surface area (Å²) in [4.78, 5) is 52.1. The first-order valence-electron chi connectivity index (χ1n) is 10.2. The number of aliphatic hydroxyl groups excluding tert-OH is 2. The van der Waals surface area contributed by atoms with Gasteiger partial charge in [-0.1, -0.05) is 17.3 Å². The van der Waals surface area contributed by atoms with Crippen molar-refractivity contribution in [3.8, 4) is 0 Å². The number of rotatable bonds is 8. The van der Waals surface area contributed by atoms with Crippen molar-refractivity contribution in [2.75, 3.05) is 6.61 Å². The number of hydrogen-bond donors (Lipinski definition) is 5. The Hall–Kier alpha value is -2.59. The third-order valence-corrected chi connectivity index (χ3v) is 8.99. The summed E-state index contributed by atoms with van der Waals surface area (Å²) in [6.07, 6.45) is -6.44. The van der Waals surface area contributed by atoms with E-state index in [0.29, 0.717) is 15.5 Å². The summed E-state index contributed by atoms with van der Waals surface area (Å²) in [5.74, 6) is 0. The average molecular weight is 569 g/mol. The van der Waals surface area contributed by atoms with Gasteiger partial charge in [-0.2, -0.15) is 8.78 Å². The zero-order valence-corrected chi connectivity index (χ0v) is 20.1. The van der Waals surface area contributed by atoms with Crippen LogP contribution >= 0.6 is 15.2 Å². The first kappa shape index (κ1) is 27.4. The topological polar surface area (TPSA) is 224 Å². The fraction of sp³-hybridized carbons (Fsp3) is 0.389. The van der Waals surface area contributed by atoms with Crippen LogP contribution in [0.1, 0.15) is 11.9 Å². The normalized spacial score (nSPS) is 24.4. The number of ether oxygens (including phenoxy) is 1. The standard InChI is InChI=1S/C18H19F2N3O12P2/c19-18(20,36(28,29)30)37(31,32)33-8-12-14(25)15(26)16(34-12)22-6-5-13(24)23(17(22)27)7-10-9-3-1-2-4-11(9)35-21-10/h1-6,12,14-16,25-26H,7-8H2,(H,31,32)(H2,28,29,30)/t12-,14+,15?,16-/m1/s1. The number of para-hydroxylation sites is 1. The molecule has 1 aliphatic heterocycles. The second-order valence-corrected chi connectivity index (χ2v) is 11.8. The summed E-state index contributed by atoms with van der Waals surface area (Å²) < 4.78 is 65.8. The Bertz CT molecular complexity index is 1530. The van der Waals surface area contributed by atoms with Gasteiger partial charge in [-0.25, -0.2) is 4.79 Å². The number of aliphatic hydroxyl groups is 2. The van der Waals surface area contributed by atoms with Crippen molar-refractivity contribution in [2.45, 2.75) is 36.5 Å². The minimum Gasteiger partial charge on any atom is -0.387 e. The van der Waals surface area contributed by atoms with Gasteiger partial charge in [-0.05, 0) is 12.1 Å². The van der Waals surface area contributed by atoms with Crippen LogP contribution in [0.4, 0.5) is 8.78 Å². The van der Waals surface area contributed by atoms with Crippen molar-refractivity contribution in [3.05, 3.63) is 63.1 Å². The van der Waals surface area contributed by atoms with E-state index >= 15 is 0 Å². The van der Waals surface area contributed by atoms with Crippen molar-refractivity contribution in [1.82, 2.24) is 14.3 Å². The van der Waals surface area contributed by atoms with Crippen LogP contribution in [0.15, 0.2) is 50.6 Å². The highest BCUT2D eigenvalue weighted by Gasteiger charge is 2.65. The molecule has 37 heavy (non-hydrogen) atoms. The smallest absolute Gasteiger partial charge is 0.387 e. The highest BCUT2D eigenvalue weighted by atomic mass is 31.2. The van der Waals surface area contributed by atoms with Crippen LogP contribution in [0.25, 0.3) is 11.0 Å². The van der Waals surface area contributed by atoms with Gasteiger partial charge in [0, 0.05) is 17.6 Å². The SMILES string of the molecule is O=c1ccn([C@@H]2O[C@H](COP(=O)(O)C(F)(F)P(=O)(O)O)[C@H](O)C2O)c(=O)n1Cc1noc2ccccc12. The fourth-order valence-corrected chi connectivity index (χ4v) is 5.58. The number of fused-ring (bicyclic) bond motifs is 1. The van der Waals surface area contributed by atoms with Crippen molar-refractivity contribution < 1.29 is 56.6 Å².